The molecule has 3 N–H and O–H groups in total. The molecule has 2 aromatic carbocycles. The van der Waals surface area contributed by atoms with Gasteiger partial charge in [0.15, 0.2) is 0 Å². The van der Waals surface area contributed by atoms with Gasteiger partial charge >= 0.3 is 0 Å². The van der Waals surface area contributed by atoms with Crippen molar-refractivity contribution in [2.24, 2.45) is 0 Å². The highest BCUT2D eigenvalue weighted by atomic mass is 16.3. The Morgan fingerprint density at radius 1 is 0.850 bits per heavy atom. The molecule has 4 nitrogen and oxygen atoms in total. The van der Waals surface area contributed by atoms with Crippen LogP contribution < -0.4 is 5.73 Å². The number of aromatic hydroxyl groups is 1. The molecule has 0 unspecified atom stereocenters. The molecule has 0 fully saturated rings. The van der Waals surface area contributed by atoms with Crippen molar-refractivity contribution in [3.63, 3.8) is 0 Å². The largest absolute Gasteiger partial charge is 0.507 e. The summed E-state index contributed by atoms with van der Waals surface area (Å²) in [5.41, 5.74) is 8.77. The first-order chi connectivity index (χ1) is 9.75. The van der Waals surface area contributed by atoms with Crippen molar-refractivity contribution in [3.05, 3.63) is 60.8 Å². The van der Waals surface area contributed by atoms with Gasteiger partial charge in [0.1, 0.15) is 5.75 Å². The first-order valence-electron chi connectivity index (χ1n) is 6.22. The maximum Gasteiger partial charge on any atom is 0.220 e. The summed E-state index contributed by atoms with van der Waals surface area (Å²) in [6.07, 6.45) is 1.68. The van der Waals surface area contributed by atoms with Crippen molar-refractivity contribution in [3.8, 4) is 28.1 Å². The predicted molar refractivity (Wildman–Crippen MR) is 79.0 cm³/mol. The molecule has 20 heavy (non-hydrogen) atoms. The van der Waals surface area contributed by atoms with Crippen molar-refractivity contribution >= 4 is 5.95 Å². The lowest BCUT2D eigenvalue weighted by Gasteiger charge is -2.10. The summed E-state index contributed by atoms with van der Waals surface area (Å²) in [7, 11) is 0. The van der Waals surface area contributed by atoms with Gasteiger partial charge in [0.05, 0.1) is 5.69 Å². The zero-order chi connectivity index (χ0) is 13.9. The van der Waals surface area contributed by atoms with E-state index >= 15 is 0 Å². The molecule has 0 spiro atoms. The average Bonchev–Trinajstić information content (AvgIpc) is 2.48. The number of aromatic nitrogens is 2. The third-order valence-electron chi connectivity index (χ3n) is 3.05. The second-order valence-electron chi connectivity index (χ2n) is 4.37. The Kier molecular flexibility index (Phi) is 3.05. The minimum atomic E-state index is 0.169. The number of nitrogen functional groups attached to an aromatic ring is 1. The van der Waals surface area contributed by atoms with E-state index in [4.69, 9.17) is 5.73 Å². The van der Waals surface area contributed by atoms with Gasteiger partial charge in [-0.15, -0.1) is 0 Å². The van der Waals surface area contributed by atoms with Crippen LogP contribution >= 0.6 is 0 Å². The van der Waals surface area contributed by atoms with Gasteiger partial charge in [-0.1, -0.05) is 42.5 Å². The molecule has 0 aliphatic heterocycles. The number of hydrogen-bond acceptors (Lipinski definition) is 4. The van der Waals surface area contributed by atoms with Gasteiger partial charge < -0.3 is 10.8 Å². The Morgan fingerprint density at radius 3 is 2.30 bits per heavy atom. The zero-order valence-corrected chi connectivity index (χ0v) is 10.7. The maximum atomic E-state index is 10.0. The van der Waals surface area contributed by atoms with E-state index in [-0.39, 0.29) is 11.7 Å². The molecule has 0 amide bonds. The van der Waals surface area contributed by atoms with E-state index in [9.17, 15) is 5.11 Å². The van der Waals surface area contributed by atoms with Crippen LogP contribution in [0.4, 0.5) is 5.95 Å². The molecular weight excluding hydrogens is 250 g/mol. The van der Waals surface area contributed by atoms with Crippen LogP contribution in [0.15, 0.2) is 60.8 Å². The van der Waals surface area contributed by atoms with Crippen molar-refractivity contribution in [2.75, 3.05) is 5.73 Å². The lowest BCUT2D eigenvalue weighted by molar-refractivity contribution is 0.477. The van der Waals surface area contributed by atoms with Gasteiger partial charge in [-0.3, -0.25) is 0 Å². The number of para-hydroxylation sites is 1. The molecule has 0 aliphatic rings. The molecule has 0 atom stereocenters. The minimum Gasteiger partial charge on any atom is -0.507 e. The number of phenols is 1. The summed E-state index contributed by atoms with van der Waals surface area (Å²) in [6, 6.07) is 16.8. The van der Waals surface area contributed by atoms with Gasteiger partial charge in [0, 0.05) is 17.3 Å². The fourth-order valence-corrected chi connectivity index (χ4v) is 2.10. The van der Waals surface area contributed by atoms with Crippen molar-refractivity contribution < 1.29 is 5.11 Å². The number of anilines is 1. The average molecular weight is 263 g/mol. The second-order valence-corrected chi connectivity index (χ2v) is 4.37. The summed E-state index contributed by atoms with van der Waals surface area (Å²) < 4.78 is 0. The Bertz CT molecular complexity index is 742. The SMILES string of the molecule is Nc1ncc(-c2ccccc2)c(-c2ccccc2O)n1. The number of rotatable bonds is 2. The lowest BCUT2D eigenvalue weighted by atomic mass is 10.0. The number of nitrogens with zero attached hydrogens (tertiary/aromatic N) is 2. The smallest absolute Gasteiger partial charge is 0.220 e. The third kappa shape index (κ3) is 2.19. The van der Waals surface area contributed by atoms with Gasteiger partial charge in [-0.05, 0) is 17.7 Å². The number of nitrogens with two attached hydrogens (primary N) is 1. The van der Waals surface area contributed by atoms with Gasteiger partial charge in [0.25, 0.3) is 0 Å². The Labute approximate surface area is 116 Å². The monoisotopic (exact) mass is 263 g/mol. The van der Waals surface area contributed by atoms with E-state index in [1.807, 2.05) is 42.5 Å². The topological polar surface area (TPSA) is 72.0 Å². The molecule has 3 aromatic rings. The van der Waals surface area contributed by atoms with E-state index in [1.165, 1.54) is 0 Å². The van der Waals surface area contributed by atoms with Crippen LogP contribution in [-0.2, 0) is 0 Å². The molecular formula is C16H13N3O. The molecule has 0 saturated heterocycles. The molecule has 0 bridgehead atoms. The maximum absolute atomic E-state index is 10.0. The molecule has 0 radical (unpaired) electrons. The highest BCUT2D eigenvalue weighted by Crippen LogP contribution is 2.34. The van der Waals surface area contributed by atoms with Crippen LogP contribution in [0.1, 0.15) is 0 Å². The van der Waals surface area contributed by atoms with Crippen molar-refractivity contribution in [1.82, 2.24) is 9.97 Å². The Morgan fingerprint density at radius 2 is 1.55 bits per heavy atom. The summed E-state index contributed by atoms with van der Waals surface area (Å²) in [4.78, 5) is 8.34. The van der Waals surface area contributed by atoms with Crippen LogP contribution in [-0.4, -0.2) is 15.1 Å². The molecule has 98 valence electrons. The zero-order valence-electron chi connectivity index (χ0n) is 10.7. The van der Waals surface area contributed by atoms with Gasteiger partial charge in [0.2, 0.25) is 5.95 Å². The minimum absolute atomic E-state index is 0.169. The van der Waals surface area contributed by atoms with Crippen molar-refractivity contribution in [1.29, 1.82) is 0 Å². The van der Waals surface area contributed by atoms with E-state index in [0.29, 0.717) is 11.3 Å². The highest BCUT2D eigenvalue weighted by molar-refractivity contribution is 5.83. The first kappa shape index (κ1) is 12.2. The molecule has 3 rings (SSSR count). The van der Waals surface area contributed by atoms with Crippen LogP contribution in [0, 0.1) is 0 Å². The number of phenolic OH excluding ortho intramolecular Hbond substituents is 1. The van der Waals surface area contributed by atoms with E-state index in [2.05, 4.69) is 9.97 Å². The first-order valence-corrected chi connectivity index (χ1v) is 6.22. The van der Waals surface area contributed by atoms with E-state index < -0.39 is 0 Å². The molecule has 4 heteroatoms. The molecule has 0 saturated carbocycles. The normalized spacial score (nSPS) is 10.4. The fourth-order valence-electron chi connectivity index (χ4n) is 2.10. The van der Waals surface area contributed by atoms with Crippen molar-refractivity contribution in [2.45, 2.75) is 0 Å². The fraction of sp³-hybridized carbons (Fsp3) is 0. The summed E-state index contributed by atoms with van der Waals surface area (Å²) >= 11 is 0. The number of benzene rings is 2. The Balaban J connectivity index is 2.25. The van der Waals surface area contributed by atoms with E-state index in [1.54, 1.807) is 18.3 Å². The predicted octanol–water partition coefficient (Wildman–Crippen LogP) is 3.10. The molecule has 1 heterocycles. The Hall–Kier alpha value is -2.88. The molecule has 0 aliphatic carbocycles. The quantitative estimate of drug-likeness (QED) is 0.745. The lowest BCUT2D eigenvalue weighted by Crippen LogP contribution is -1.98. The van der Waals surface area contributed by atoms with Crippen LogP contribution in [0.2, 0.25) is 0 Å². The highest BCUT2D eigenvalue weighted by Gasteiger charge is 2.13. The molecule has 1 aromatic heterocycles. The summed E-state index contributed by atoms with van der Waals surface area (Å²) in [5.74, 6) is 0.353. The van der Waals surface area contributed by atoms with Gasteiger partial charge in [-0.2, -0.15) is 0 Å². The summed E-state index contributed by atoms with van der Waals surface area (Å²) in [6.45, 7) is 0. The van der Waals surface area contributed by atoms with Crippen LogP contribution in [0.3, 0.4) is 0 Å². The van der Waals surface area contributed by atoms with E-state index in [0.717, 1.165) is 11.1 Å². The second kappa shape index (κ2) is 5.01. The number of hydrogen-bond donors (Lipinski definition) is 2. The standard InChI is InChI=1S/C16H13N3O/c17-16-18-10-13(11-6-2-1-3-7-11)15(19-16)12-8-4-5-9-14(12)20/h1-10,20H,(H2,17,18,19). The summed E-state index contributed by atoms with van der Waals surface area (Å²) in [5, 5.41) is 10.0. The third-order valence-corrected chi connectivity index (χ3v) is 3.05. The van der Waals surface area contributed by atoms with Crippen LogP contribution in [0.5, 0.6) is 5.75 Å². The van der Waals surface area contributed by atoms with Gasteiger partial charge in [-0.25, -0.2) is 9.97 Å². The van der Waals surface area contributed by atoms with Crippen LogP contribution in [0.25, 0.3) is 22.4 Å².